The number of nitrogens with zero attached hydrogens (tertiary/aromatic N) is 2. The number of ether oxygens (including phenoxy) is 2. The Balaban J connectivity index is 1.43. The number of amides is 4. The lowest BCUT2D eigenvalue weighted by molar-refractivity contribution is -0.159. The molecule has 4 aliphatic rings. The van der Waals surface area contributed by atoms with Gasteiger partial charge in [0.05, 0.1) is 17.7 Å². The molecule has 284 valence electrons. The first-order chi connectivity index (χ1) is 24.3. The number of hydrogen-bond donors (Lipinski definition) is 2. The smallest absolute Gasteiger partial charge is 0.410 e. The zero-order valence-corrected chi connectivity index (χ0v) is 31.8. The molecule has 0 aromatic heterocycles. The summed E-state index contributed by atoms with van der Waals surface area (Å²) in [5.74, 6) is -3.92. The molecule has 3 heterocycles. The van der Waals surface area contributed by atoms with Gasteiger partial charge in [0, 0.05) is 31.3 Å². The molecule has 1 saturated carbocycles. The molecule has 5 atom stereocenters. The number of hydrogen-bond acceptors (Lipinski definition) is 9. The van der Waals surface area contributed by atoms with Crippen molar-refractivity contribution < 1.29 is 41.9 Å². The summed E-state index contributed by atoms with van der Waals surface area (Å²) in [6.45, 7) is 10.3. The second-order valence-electron chi connectivity index (χ2n) is 16.4. The van der Waals surface area contributed by atoms with Crippen molar-refractivity contribution in [1.29, 1.82) is 0 Å². The van der Waals surface area contributed by atoms with Crippen molar-refractivity contribution in [2.75, 3.05) is 6.54 Å². The molecule has 1 aromatic carbocycles. The average molecular weight is 741 g/mol. The van der Waals surface area contributed by atoms with Gasteiger partial charge in [-0.2, -0.15) is 0 Å². The first-order valence-electron chi connectivity index (χ1n) is 18.1. The zero-order valence-electron chi connectivity index (χ0n) is 31.0. The van der Waals surface area contributed by atoms with Gasteiger partial charge < -0.3 is 19.7 Å². The molecule has 1 saturated heterocycles. The number of benzene rings is 1. The van der Waals surface area contributed by atoms with Crippen molar-refractivity contribution in [2.24, 2.45) is 11.8 Å². The first kappa shape index (κ1) is 39.1. The van der Waals surface area contributed by atoms with Gasteiger partial charge in [-0.05, 0) is 90.5 Å². The summed E-state index contributed by atoms with van der Waals surface area (Å²) in [6.07, 6.45) is 5.23. The third kappa shape index (κ3) is 9.06. The predicted molar refractivity (Wildman–Crippen MR) is 192 cm³/mol. The van der Waals surface area contributed by atoms with E-state index >= 15 is 0 Å². The highest BCUT2D eigenvalue weighted by Gasteiger charge is 2.62. The maximum atomic E-state index is 14.4. The Bertz CT molecular complexity index is 1730. The van der Waals surface area contributed by atoms with Gasteiger partial charge in [0.25, 0.3) is 5.91 Å². The van der Waals surface area contributed by atoms with Crippen molar-refractivity contribution in [3.63, 3.8) is 0 Å². The maximum Gasteiger partial charge on any atom is 0.410 e. The van der Waals surface area contributed by atoms with Gasteiger partial charge in [-0.1, -0.05) is 37.1 Å². The third-order valence-electron chi connectivity index (χ3n) is 10.0. The number of fused-ring (bicyclic) bond motifs is 3. The third-order valence-corrected chi connectivity index (χ3v) is 12.1. The number of nitrogens with one attached hydrogen (secondary N) is 2. The van der Waals surface area contributed by atoms with E-state index in [-0.39, 0.29) is 25.8 Å². The van der Waals surface area contributed by atoms with Gasteiger partial charge in [-0.25, -0.2) is 13.2 Å². The SMILES string of the molecule is CC(C)(C)OC(=O)C[C@H]1CCCCCC=C=C[C@@H]2C[C@@]2(C(=O)NS(=O)(=O)C(C)(C)C)NC(=O)[C@@H]2C[C@@H](OC(=O)N3Cc4ccccc4C3)CN2C1=O. The van der Waals surface area contributed by atoms with E-state index in [1.54, 1.807) is 31.7 Å². The molecule has 4 amide bonds. The van der Waals surface area contributed by atoms with Gasteiger partial charge in [0.15, 0.2) is 0 Å². The number of esters is 1. The van der Waals surface area contributed by atoms with Crippen LogP contribution in [0.4, 0.5) is 4.79 Å². The van der Waals surface area contributed by atoms with E-state index in [0.29, 0.717) is 32.4 Å². The van der Waals surface area contributed by atoms with Crippen LogP contribution in [0.25, 0.3) is 0 Å². The molecule has 5 rings (SSSR count). The molecule has 2 N–H and O–H groups in total. The first-order valence-corrected chi connectivity index (χ1v) is 19.6. The summed E-state index contributed by atoms with van der Waals surface area (Å²) in [7, 11) is -4.12. The van der Waals surface area contributed by atoms with E-state index in [9.17, 15) is 32.4 Å². The van der Waals surface area contributed by atoms with Crippen LogP contribution in [0.3, 0.4) is 0 Å². The summed E-state index contributed by atoms with van der Waals surface area (Å²) < 4.78 is 38.4. The minimum atomic E-state index is -4.12. The van der Waals surface area contributed by atoms with Crippen LogP contribution in [-0.2, 0) is 51.8 Å². The van der Waals surface area contributed by atoms with Crippen LogP contribution in [0.5, 0.6) is 0 Å². The topological polar surface area (TPSA) is 168 Å². The quantitative estimate of drug-likeness (QED) is 0.331. The van der Waals surface area contributed by atoms with Crippen LogP contribution in [-0.4, -0.2) is 82.6 Å². The molecule has 0 bridgehead atoms. The molecular formula is C38H52N4O9S. The fourth-order valence-corrected chi connectivity index (χ4v) is 7.62. The summed E-state index contributed by atoms with van der Waals surface area (Å²) in [5, 5.41) is 2.81. The molecule has 1 aliphatic carbocycles. The zero-order chi connectivity index (χ0) is 38.1. The van der Waals surface area contributed by atoms with Crippen LogP contribution < -0.4 is 10.0 Å². The molecule has 1 aromatic rings. The Kier molecular flexibility index (Phi) is 11.3. The molecule has 52 heavy (non-hydrogen) atoms. The lowest BCUT2D eigenvalue weighted by Crippen LogP contribution is -2.58. The molecule has 0 spiro atoms. The molecule has 3 aliphatic heterocycles. The molecular weight excluding hydrogens is 689 g/mol. The predicted octanol–water partition coefficient (Wildman–Crippen LogP) is 4.25. The lowest BCUT2D eigenvalue weighted by atomic mass is 9.95. The second-order valence-corrected chi connectivity index (χ2v) is 18.8. The normalized spacial score (nSPS) is 26.9. The lowest BCUT2D eigenvalue weighted by Gasteiger charge is -2.30. The highest BCUT2D eigenvalue weighted by Crippen LogP contribution is 2.45. The van der Waals surface area contributed by atoms with Crippen LogP contribution in [0.2, 0.25) is 0 Å². The summed E-state index contributed by atoms with van der Waals surface area (Å²) >= 11 is 0. The van der Waals surface area contributed by atoms with Crippen LogP contribution in [0.1, 0.15) is 104 Å². The van der Waals surface area contributed by atoms with E-state index in [1.807, 2.05) is 30.3 Å². The summed E-state index contributed by atoms with van der Waals surface area (Å²) in [4.78, 5) is 71.7. The van der Waals surface area contributed by atoms with Crippen molar-refractivity contribution >= 4 is 39.8 Å². The minimum absolute atomic E-state index is 0.0539. The number of carbonyl (C=O) groups is 5. The second kappa shape index (κ2) is 15.1. The van der Waals surface area contributed by atoms with E-state index in [0.717, 1.165) is 24.0 Å². The van der Waals surface area contributed by atoms with Gasteiger partial charge in [0.2, 0.25) is 21.8 Å². The van der Waals surface area contributed by atoms with Gasteiger partial charge in [0.1, 0.15) is 23.3 Å². The summed E-state index contributed by atoms with van der Waals surface area (Å²) in [6, 6.07) is 6.52. The number of carbonyl (C=O) groups excluding carboxylic acids is 5. The van der Waals surface area contributed by atoms with Gasteiger partial charge in [-0.3, -0.25) is 28.8 Å². The fraction of sp³-hybridized carbons (Fsp3) is 0.632. The standard InChI is InChI=1S/C38H52N4O9S/c1-36(2,3)51-31(43)19-25-15-11-9-7-8-10-12-18-28-21-38(28,34(46)40-52(48,49)37(4,5)6)39-32(44)30-20-29(24-42(30)33(25)45)50-35(47)41-22-26-16-13-14-17-27(26)23-41/h10,13-14,16-18,25,28-30H,7-9,11,15,19-24H2,1-6H3,(H,39,44)(H,40,46)/t12?,25-,28-,29-,30+,38-/m1/s1. The number of rotatable bonds is 5. The highest BCUT2D eigenvalue weighted by atomic mass is 32.2. The fourth-order valence-electron chi connectivity index (χ4n) is 6.89. The Morgan fingerprint density at radius 3 is 2.33 bits per heavy atom. The van der Waals surface area contributed by atoms with Crippen molar-refractivity contribution in [1.82, 2.24) is 19.8 Å². The number of sulfonamides is 1. The summed E-state index contributed by atoms with van der Waals surface area (Å²) in [5.41, 5.74) is 2.75. The average Bonchev–Trinajstić information content (AvgIpc) is 3.35. The molecule has 0 unspecified atom stereocenters. The Morgan fingerprint density at radius 2 is 1.69 bits per heavy atom. The largest absolute Gasteiger partial charge is 0.460 e. The highest BCUT2D eigenvalue weighted by molar-refractivity contribution is 7.91. The van der Waals surface area contributed by atoms with E-state index in [1.165, 1.54) is 25.7 Å². The monoisotopic (exact) mass is 740 g/mol. The van der Waals surface area contributed by atoms with E-state index in [4.69, 9.17) is 9.47 Å². The molecule has 2 fully saturated rings. The van der Waals surface area contributed by atoms with Crippen LogP contribution in [0.15, 0.2) is 42.1 Å². The minimum Gasteiger partial charge on any atom is -0.460 e. The van der Waals surface area contributed by atoms with Crippen LogP contribution in [0, 0.1) is 11.8 Å². The molecule has 0 radical (unpaired) electrons. The maximum absolute atomic E-state index is 14.4. The van der Waals surface area contributed by atoms with E-state index in [2.05, 4.69) is 15.8 Å². The molecule has 13 nitrogen and oxygen atoms in total. The van der Waals surface area contributed by atoms with Gasteiger partial charge in [-0.15, -0.1) is 5.73 Å². The van der Waals surface area contributed by atoms with Crippen molar-refractivity contribution in [2.45, 2.75) is 134 Å². The van der Waals surface area contributed by atoms with Gasteiger partial charge >= 0.3 is 12.1 Å². The van der Waals surface area contributed by atoms with E-state index < -0.39 is 79.7 Å². The Labute approximate surface area is 306 Å². The van der Waals surface area contributed by atoms with Crippen molar-refractivity contribution in [3.05, 3.63) is 53.3 Å². The Morgan fingerprint density at radius 1 is 1.02 bits per heavy atom. The van der Waals surface area contributed by atoms with Crippen LogP contribution >= 0.6 is 0 Å². The van der Waals surface area contributed by atoms with Crippen molar-refractivity contribution in [3.8, 4) is 0 Å². The molecule has 14 heteroatoms. The Hall–Kier alpha value is -4.16.